The Hall–Kier alpha value is -2.63. The van der Waals surface area contributed by atoms with Crippen LogP contribution >= 0.6 is 0 Å². The lowest BCUT2D eigenvalue weighted by Crippen LogP contribution is -2.56. The largest absolute Gasteiger partial charge is 0.481 e. The van der Waals surface area contributed by atoms with Gasteiger partial charge in [0.1, 0.15) is 6.10 Å². The van der Waals surface area contributed by atoms with Crippen molar-refractivity contribution in [3.8, 4) is 0 Å². The first-order valence-corrected chi connectivity index (χ1v) is 12.5. The summed E-state index contributed by atoms with van der Waals surface area (Å²) in [6.45, 7) is 6.69. The zero-order valence-electron chi connectivity index (χ0n) is 20.4. The van der Waals surface area contributed by atoms with Crippen LogP contribution in [0.1, 0.15) is 64.9 Å². The number of allylic oxidation sites excluding steroid dienone is 1. The summed E-state index contributed by atoms with van der Waals surface area (Å²) in [4.78, 5) is 36.5. The second-order valence-corrected chi connectivity index (χ2v) is 10.9. The standard InChI is InChI=1S/C28H36O6/c1-18(14-24(29)30)12-13-27(2)20(17-33-25(31)15-19-8-5-4-6-9-19)16-23-28(3)21(26(32)34-23)10-7-11-22(27)28/h4-6,8-10,18,20,22-23H,7,11-17H2,1-3H3,(H,29,30)/t18-,20+,22-,23+,27+,28+/m1/s1. The third-order valence-corrected chi connectivity index (χ3v) is 8.81. The van der Waals surface area contributed by atoms with Crippen LogP contribution in [0.5, 0.6) is 0 Å². The number of carbonyl (C=O) groups is 3. The summed E-state index contributed by atoms with van der Waals surface area (Å²) in [5, 5.41) is 9.22. The predicted molar refractivity (Wildman–Crippen MR) is 127 cm³/mol. The molecule has 4 rings (SSSR count). The molecule has 2 aliphatic carbocycles. The van der Waals surface area contributed by atoms with Crippen molar-refractivity contribution in [2.45, 2.75) is 71.8 Å². The lowest BCUT2D eigenvalue weighted by atomic mass is 9.46. The summed E-state index contributed by atoms with van der Waals surface area (Å²) < 4.78 is 11.7. The fourth-order valence-electron chi connectivity index (χ4n) is 6.84. The van der Waals surface area contributed by atoms with E-state index in [1.54, 1.807) is 0 Å². The van der Waals surface area contributed by atoms with Crippen LogP contribution in [0.3, 0.4) is 0 Å². The van der Waals surface area contributed by atoms with Gasteiger partial charge in [-0.3, -0.25) is 9.59 Å². The fraction of sp³-hybridized carbons (Fsp3) is 0.607. The molecule has 2 fully saturated rings. The first-order valence-electron chi connectivity index (χ1n) is 12.5. The molecule has 1 N–H and O–H groups in total. The molecule has 0 radical (unpaired) electrons. The fourth-order valence-corrected chi connectivity index (χ4v) is 6.84. The highest BCUT2D eigenvalue weighted by atomic mass is 16.6. The van der Waals surface area contributed by atoms with E-state index < -0.39 is 5.97 Å². The average Bonchev–Trinajstić information content (AvgIpc) is 3.04. The lowest BCUT2D eigenvalue weighted by Gasteiger charge is -2.57. The van der Waals surface area contributed by atoms with Gasteiger partial charge in [-0.05, 0) is 54.9 Å². The molecule has 1 saturated carbocycles. The smallest absolute Gasteiger partial charge is 0.334 e. The number of aliphatic carboxylic acids is 1. The molecule has 6 heteroatoms. The number of benzene rings is 1. The molecule has 0 aromatic heterocycles. The van der Waals surface area contributed by atoms with Gasteiger partial charge >= 0.3 is 17.9 Å². The Morgan fingerprint density at radius 3 is 2.68 bits per heavy atom. The Labute approximate surface area is 201 Å². The van der Waals surface area contributed by atoms with Crippen molar-refractivity contribution in [3.63, 3.8) is 0 Å². The lowest BCUT2D eigenvalue weighted by molar-refractivity contribution is -0.163. The van der Waals surface area contributed by atoms with Gasteiger partial charge in [0.15, 0.2) is 0 Å². The van der Waals surface area contributed by atoms with Crippen molar-refractivity contribution < 1.29 is 29.0 Å². The molecule has 6 nitrogen and oxygen atoms in total. The number of hydrogen-bond acceptors (Lipinski definition) is 5. The highest BCUT2D eigenvalue weighted by Gasteiger charge is 2.65. The molecular formula is C28H36O6. The van der Waals surface area contributed by atoms with Crippen LogP contribution in [0.4, 0.5) is 0 Å². The van der Waals surface area contributed by atoms with Crippen molar-refractivity contribution in [1.29, 1.82) is 0 Å². The van der Waals surface area contributed by atoms with E-state index in [2.05, 4.69) is 13.8 Å². The van der Waals surface area contributed by atoms with Crippen LogP contribution in [0, 0.1) is 28.6 Å². The Kier molecular flexibility index (Phi) is 6.88. The Balaban J connectivity index is 1.54. The highest BCUT2D eigenvalue weighted by molar-refractivity contribution is 5.93. The maximum Gasteiger partial charge on any atom is 0.334 e. The average molecular weight is 469 g/mol. The predicted octanol–water partition coefficient (Wildman–Crippen LogP) is 4.96. The quantitative estimate of drug-likeness (QED) is 0.516. The van der Waals surface area contributed by atoms with Gasteiger partial charge in [-0.15, -0.1) is 0 Å². The molecule has 6 atom stereocenters. The van der Waals surface area contributed by atoms with Crippen LogP contribution < -0.4 is 0 Å². The summed E-state index contributed by atoms with van der Waals surface area (Å²) >= 11 is 0. The minimum atomic E-state index is -0.780. The number of rotatable bonds is 9. The molecule has 1 saturated heterocycles. The summed E-state index contributed by atoms with van der Waals surface area (Å²) in [5.74, 6) is -0.939. The minimum Gasteiger partial charge on any atom is -0.481 e. The summed E-state index contributed by atoms with van der Waals surface area (Å²) in [6, 6.07) is 9.55. The molecule has 1 aromatic rings. The second kappa shape index (κ2) is 9.55. The van der Waals surface area contributed by atoms with Gasteiger partial charge in [0.05, 0.1) is 13.0 Å². The Morgan fingerprint density at radius 1 is 1.24 bits per heavy atom. The molecule has 1 aliphatic heterocycles. The van der Waals surface area contributed by atoms with Crippen molar-refractivity contribution in [2.75, 3.05) is 6.61 Å². The van der Waals surface area contributed by atoms with E-state index >= 15 is 0 Å². The van der Waals surface area contributed by atoms with E-state index in [0.29, 0.717) is 6.42 Å². The monoisotopic (exact) mass is 468 g/mol. The van der Waals surface area contributed by atoms with Crippen molar-refractivity contribution >= 4 is 17.9 Å². The van der Waals surface area contributed by atoms with Crippen molar-refractivity contribution in [2.24, 2.45) is 28.6 Å². The van der Waals surface area contributed by atoms with Crippen molar-refractivity contribution in [3.05, 3.63) is 47.5 Å². The van der Waals surface area contributed by atoms with Gasteiger partial charge in [0.2, 0.25) is 0 Å². The number of carbonyl (C=O) groups excluding carboxylic acids is 2. The van der Waals surface area contributed by atoms with E-state index in [9.17, 15) is 19.5 Å². The highest BCUT2D eigenvalue weighted by Crippen LogP contribution is 2.65. The Morgan fingerprint density at radius 2 is 1.97 bits per heavy atom. The van der Waals surface area contributed by atoms with E-state index in [4.69, 9.17) is 9.47 Å². The second-order valence-electron chi connectivity index (χ2n) is 10.9. The number of esters is 2. The summed E-state index contributed by atoms with van der Waals surface area (Å²) in [7, 11) is 0. The van der Waals surface area contributed by atoms with Crippen LogP contribution in [-0.4, -0.2) is 35.7 Å². The topological polar surface area (TPSA) is 89.9 Å². The maximum absolute atomic E-state index is 12.7. The molecule has 184 valence electrons. The van der Waals surface area contributed by atoms with Crippen LogP contribution in [-0.2, 0) is 30.3 Å². The molecule has 0 bridgehead atoms. The van der Waals surface area contributed by atoms with Crippen LogP contribution in [0.25, 0.3) is 0 Å². The van der Waals surface area contributed by atoms with Crippen LogP contribution in [0.15, 0.2) is 42.0 Å². The summed E-state index contributed by atoms with van der Waals surface area (Å²) in [6.07, 6.45) is 6.25. The third kappa shape index (κ3) is 4.51. The molecule has 1 aromatic carbocycles. The van der Waals surface area contributed by atoms with E-state index in [0.717, 1.165) is 36.8 Å². The van der Waals surface area contributed by atoms with Gasteiger partial charge in [0, 0.05) is 23.3 Å². The van der Waals surface area contributed by atoms with Gasteiger partial charge in [-0.25, -0.2) is 4.79 Å². The third-order valence-electron chi connectivity index (χ3n) is 8.81. The first kappa shape index (κ1) is 24.5. The van der Waals surface area contributed by atoms with E-state index in [1.165, 1.54) is 0 Å². The van der Waals surface area contributed by atoms with E-state index in [-0.39, 0.29) is 66.1 Å². The van der Waals surface area contributed by atoms with Gasteiger partial charge in [-0.2, -0.15) is 0 Å². The molecular weight excluding hydrogens is 432 g/mol. The molecule has 3 aliphatic rings. The van der Waals surface area contributed by atoms with E-state index in [1.807, 2.05) is 43.3 Å². The molecule has 0 amide bonds. The number of carboxylic acid groups (broad SMARTS) is 1. The normalized spacial score (nSPS) is 32.9. The summed E-state index contributed by atoms with van der Waals surface area (Å²) in [5.41, 5.74) is 1.18. The molecule has 0 spiro atoms. The number of ether oxygens (including phenoxy) is 2. The van der Waals surface area contributed by atoms with Crippen molar-refractivity contribution in [1.82, 2.24) is 0 Å². The minimum absolute atomic E-state index is 0.0394. The zero-order valence-corrected chi connectivity index (χ0v) is 20.4. The van der Waals surface area contributed by atoms with Gasteiger partial charge < -0.3 is 14.6 Å². The SMILES string of the molecule is C[C@H](CC[C@@]1(C)[C@H](COC(=O)Cc2ccccc2)C[C@@H]2OC(=O)C3=CCC[C@H]1[C@]32C)CC(=O)O. The first-order chi connectivity index (χ1) is 16.1. The zero-order chi connectivity index (χ0) is 24.5. The Bertz CT molecular complexity index is 968. The molecule has 34 heavy (non-hydrogen) atoms. The van der Waals surface area contributed by atoms with Gasteiger partial charge in [-0.1, -0.05) is 57.2 Å². The number of carboxylic acids is 1. The maximum atomic E-state index is 12.7. The molecule has 0 unspecified atom stereocenters. The van der Waals surface area contributed by atoms with Crippen LogP contribution in [0.2, 0.25) is 0 Å². The number of hydrogen-bond donors (Lipinski definition) is 1. The van der Waals surface area contributed by atoms with Gasteiger partial charge in [0.25, 0.3) is 0 Å². The molecule has 1 heterocycles.